The normalized spacial score (nSPS) is 24.7. The molecule has 1 N–H and O–H groups in total. The number of rotatable bonds is 2. The van der Waals surface area contributed by atoms with Crippen LogP contribution in [0.15, 0.2) is 30.3 Å². The predicted octanol–water partition coefficient (Wildman–Crippen LogP) is 1.91. The molecular formula is C13H14N2O2. The minimum Gasteiger partial charge on any atom is -0.334 e. The van der Waals surface area contributed by atoms with Crippen molar-refractivity contribution in [1.29, 1.82) is 0 Å². The Labute approximate surface area is 99.6 Å². The van der Waals surface area contributed by atoms with Gasteiger partial charge in [-0.2, -0.15) is 0 Å². The van der Waals surface area contributed by atoms with Crippen LogP contribution in [0.25, 0.3) is 0 Å². The molecule has 2 fully saturated rings. The molecule has 1 saturated carbocycles. The van der Waals surface area contributed by atoms with Crippen LogP contribution in [0.1, 0.15) is 19.3 Å². The summed E-state index contributed by atoms with van der Waals surface area (Å²) in [6.45, 7) is 0. The molecule has 1 aromatic rings. The van der Waals surface area contributed by atoms with Crippen LogP contribution in [0.5, 0.6) is 0 Å². The van der Waals surface area contributed by atoms with Crippen LogP contribution in [0, 0.1) is 5.92 Å². The summed E-state index contributed by atoms with van der Waals surface area (Å²) in [4.78, 5) is 25.2. The van der Waals surface area contributed by atoms with E-state index in [1.807, 2.05) is 18.2 Å². The van der Waals surface area contributed by atoms with Crippen molar-refractivity contribution in [3.8, 4) is 0 Å². The first-order chi connectivity index (χ1) is 8.25. The lowest BCUT2D eigenvalue weighted by molar-refractivity contribution is -0.119. The third-order valence-electron chi connectivity index (χ3n) is 3.36. The Bertz CT molecular complexity index is 436. The maximum absolute atomic E-state index is 12.0. The van der Waals surface area contributed by atoms with E-state index in [4.69, 9.17) is 0 Å². The predicted molar refractivity (Wildman–Crippen MR) is 63.6 cm³/mol. The molecule has 4 nitrogen and oxygen atoms in total. The first-order valence-electron chi connectivity index (χ1n) is 5.94. The Morgan fingerprint density at radius 3 is 2.41 bits per heavy atom. The van der Waals surface area contributed by atoms with Crippen molar-refractivity contribution in [3.63, 3.8) is 0 Å². The van der Waals surface area contributed by atoms with Gasteiger partial charge in [0.1, 0.15) is 0 Å². The molecule has 0 spiro atoms. The third kappa shape index (κ3) is 1.90. The molecule has 2 aliphatic rings. The lowest BCUT2D eigenvalue weighted by atomic mass is 10.1. The van der Waals surface area contributed by atoms with Crippen LogP contribution < -0.4 is 10.2 Å². The number of hydrogen-bond acceptors (Lipinski definition) is 2. The summed E-state index contributed by atoms with van der Waals surface area (Å²) < 4.78 is 0. The van der Waals surface area contributed by atoms with Crippen molar-refractivity contribution in [1.82, 2.24) is 5.32 Å². The standard InChI is InChI=1S/C13H14N2O2/c16-12-8-11(9-6-7-9)14-13(17)15(12)10-4-2-1-3-5-10/h1-5,9,11H,6-8H2,(H,14,17). The minimum absolute atomic E-state index is 0.0509. The van der Waals surface area contributed by atoms with E-state index in [-0.39, 0.29) is 18.0 Å². The fourth-order valence-corrected chi connectivity index (χ4v) is 2.29. The van der Waals surface area contributed by atoms with Crippen molar-refractivity contribution in [3.05, 3.63) is 30.3 Å². The lowest BCUT2D eigenvalue weighted by Gasteiger charge is -2.31. The van der Waals surface area contributed by atoms with Crippen molar-refractivity contribution in [2.75, 3.05) is 4.90 Å². The Balaban J connectivity index is 1.82. The second kappa shape index (κ2) is 3.87. The highest BCUT2D eigenvalue weighted by Crippen LogP contribution is 2.36. The van der Waals surface area contributed by atoms with Crippen LogP contribution in [0.4, 0.5) is 10.5 Å². The number of anilines is 1. The molecule has 1 saturated heterocycles. The molecule has 0 aromatic heterocycles. The highest BCUT2D eigenvalue weighted by atomic mass is 16.2. The zero-order chi connectivity index (χ0) is 11.8. The Morgan fingerprint density at radius 2 is 1.82 bits per heavy atom. The number of para-hydroxylation sites is 1. The average Bonchev–Trinajstić information content (AvgIpc) is 3.13. The maximum atomic E-state index is 12.0. The maximum Gasteiger partial charge on any atom is 0.328 e. The smallest absolute Gasteiger partial charge is 0.328 e. The van der Waals surface area contributed by atoms with E-state index in [0.717, 1.165) is 12.8 Å². The molecule has 0 radical (unpaired) electrons. The van der Waals surface area contributed by atoms with Gasteiger partial charge >= 0.3 is 6.03 Å². The Hall–Kier alpha value is -1.84. The largest absolute Gasteiger partial charge is 0.334 e. The molecule has 4 heteroatoms. The number of urea groups is 1. The van der Waals surface area contributed by atoms with Gasteiger partial charge in [-0.15, -0.1) is 0 Å². The van der Waals surface area contributed by atoms with Gasteiger partial charge in [0.2, 0.25) is 5.91 Å². The van der Waals surface area contributed by atoms with E-state index in [9.17, 15) is 9.59 Å². The van der Waals surface area contributed by atoms with Gasteiger partial charge in [-0.05, 0) is 30.9 Å². The summed E-state index contributed by atoms with van der Waals surface area (Å²) in [5, 5.41) is 2.92. The van der Waals surface area contributed by atoms with Gasteiger partial charge in [0.05, 0.1) is 5.69 Å². The number of nitrogens with one attached hydrogen (secondary N) is 1. The molecule has 0 bridgehead atoms. The summed E-state index contributed by atoms with van der Waals surface area (Å²) in [7, 11) is 0. The molecular weight excluding hydrogens is 216 g/mol. The topological polar surface area (TPSA) is 49.4 Å². The molecule has 1 unspecified atom stereocenters. The second-order valence-corrected chi connectivity index (χ2v) is 4.66. The van der Waals surface area contributed by atoms with Gasteiger partial charge < -0.3 is 5.32 Å². The summed E-state index contributed by atoms with van der Waals surface area (Å²) in [5.41, 5.74) is 0.643. The zero-order valence-electron chi connectivity index (χ0n) is 9.43. The highest BCUT2D eigenvalue weighted by molar-refractivity contribution is 6.16. The molecule has 1 heterocycles. The van der Waals surface area contributed by atoms with Crippen LogP contribution in [-0.4, -0.2) is 18.0 Å². The second-order valence-electron chi connectivity index (χ2n) is 4.66. The number of carbonyl (C=O) groups excluding carboxylic acids is 2. The van der Waals surface area contributed by atoms with Crippen LogP contribution >= 0.6 is 0 Å². The van der Waals surface area contributed by atoms with E-state index < -0.39 is 0 Å². The van der Waals surface area contributed by atoms with Gasteiger partial charge in [0.25, 0.3) is 0 Å². The van der Waals surface area contributed by atoms with Gasteiger partial charge in [0, 0.05) is 12.5 Å². The van der Waals surface area contributed by atoms with Crippen LogP contribution in [-0.2, 0) is 4.79 Å². The van der Waals surface area contributed by atoms with E-state index in [0.29, 0.717) is 18.0 Å². The first kappa shape index (κ1) is 10.3. The van der Waals surface area contributed by atoms with Gasteiger partial charge in [0.15, 0.2) is 0 Å². The molecule has 17 heavy (non-hydrogen) atoms. The molecule has 1 atom stereocenters. The lowest BCUT2D eigenvalue weighted by Crippen LogP contribution is -2.55. The van der Waals surface area contributed by atoms with E-state index in [1.165, 1.54) is 4.90 Å². The Morgan fingerprint density at radius 1 is 1.12 bits per heavy atom. The number of benzene rings is 1. The fraction of sp³-hybridized carbons (Fsp3) is 0.385. The number of imide groups is 1. The van der Waals surface area contributed by atoms with Crippen molar-refractivity contribution >= 4 is 17.6 Å². The quantitative estimate of drug-likeness (QED) is 0.843. The third-order valence-corrected chi connectivity index (χ3v) is 3.36. The van der Waals surface area contributed by atoms with Gasteiger partial charge in [-0.1, -0.05) is 18.2 Å². The zero-order valence-corrected chi connectivity index (χ0v) is 9.43. The van der Waals surface area contributed by atoms with Crippen LogP contribution in [0.2, 0.25) is 0 Å². The van der Waals surface area contributed by atoms with Crippen molar-refractivity contribution < 1.29 is 9.59 Å². The average molecular weight is 230 g/mol. The number of carbonyl (C=O) groups is 2. The van der Waals surface area contributed by atoms with E-state index in [2.05, 4.69) is 5.32 Å². The first-order valence-corrected chi connectivity index (χ1v) is 5.94. The van der Waals surface area contributed by atoms with Gasteiger partial charge in [-0.3, -0.25) is 4.79 Å². The molecule has 1 aliphatic heterocycles. The van der Waals surface area contributed by atoms with Crippen LogP contribution in [0.3, 0.4) is 0 Å². The molecule has 3 rings (SSSR count). The van der Waals surface area contributed by atoms with Crippen molar-refractivity contribution in [2.24, 2.45) is 5.92 Å². The number of hydrogen-bond donors (Lipinski definition) is 1. The molecule has 1 aliphatic carbocycles. The molecule has 1 aromatic carbocycles. The summed E-state index contributed by atoms with van der Waals surface area (Å²) >= 11 is 0. The van der Waals surface area contributed by atoms with E-state index in [1.54, 1.807) is 12.1 Å². The summed E-state index contributed by atoms with van der Waals surface area (Å²) in [6.07, 6.45) is 2.68. The van der Waals surface area contributed by atoms with E-state index >= 15 is 0 Å². The monoisotopic (exact) mass is 230 g/mol. The van der Waals surface area contributed by atoms with Gasteiger partial charge in [-0.25, -0.2) is 9.69 Å². The SMILES string of the molecule is O=C1CC(C2CC2)NC(=O)N1c1ccccc1. The number of amides is 3. The summed E-state index contributed by atoms with van der Waals surface area (Å²) in [6, 6.07) is 8.82. The Kier molecular flexibility index (Phi) is 2.35. The van der Waals surface area contributed by atoms with Crippen molar-refractivity contribution in [2.45, 2.75) is 25.3 Å². The molecule has 3 amide bonds. The highest BCUT2D eigenvalue weighted by Gasteiger charge is 2.40. The fourth-order valence-electron chi connectivity index (χ4n) is 2.29. The summed E-state index contributed by atoms with van der Waals surface area (Å²) in [5.74, 6) is 0.415. The molecule has 88 valence electrons. The minimum atomic E-state index is -0.288. The number of nitrogens with zero attached hydrogens (tertiary/aromatic N) is 1.